The van der Waals surface area contributed by atoms with E-state index in [9.17, 15) is 0 Å². The van der Waals surface area contributed by atoms with E-state index in [2.05, 4.69) is 43.1 Å². The molecule has 1 aromatic carbocycles. The Morgan fingerprint density at radius 3 is 2.39 bits per heavy atom. The molecule has 0 aromatic heterocycles. The zero-order valence-electron chi connectivity index (χ0n) is 11.7. The molecule has 0 heterocycles. The lowest BCUT2D eigenvalue weighted by Gasteiger charge is -2.23. The van der Waals surface area contributed by atoms with Crippen molar-refractivity contribution in [2.24, 2.45) is 11.7 Å². The fourth-order valence-corrected chi connectivity index (χ4v) is 2.90. The predicted octanol–water partition coefficient (Wildman–Crippen LogP) is 3.72. The number of anilines is 1. The highest BCUT2D eigenvalue weighted by Gasteiger charge is 2.17. The quantitative estimate of drug-likeness (QED) is 0.858. The largest absolute Gasteiger partial charge is 0.374 e. The molecule has 1 saturated carbocycles. The van der Waals surface area contributed by atoms with Gasteiger partial charge in [0.2, 0.25) is 0 Å². The molecule has 2 N–H and O–H groups in total. The van der Waals surface area contributed by atoms with Crippen LogP contribution in [-0.2, 0) is 0 Å². The summed E-state index contributed by atoms with van der Waals surface area (Å²) in [6.07, 6.45) is 6.65. The van der Waals surface area contributed by atoms with Gasteiger partial charge in [-0.1, -0.05) is 31.9 Å². The zero-order chi connectivity index (χ0) is 13.0. The van der Waals surface area contributed by atoms with Gasteiger partial charge >= 0.3 is 0 Å². The van der Waals surface area contributed by atoms with E-state index in [1.54, 1.807) is 0 Å². The third kappa shape index (κ3) is 3.26. The highest BCUT2D eigenvalue weighted by molar-refractivity contribution is 5.47. The molecule has 1 atom stereocenters. The van der Waals surface area contributed by atoms with Crippen LogP contribution in [0.25, 0.3) is 0 Å². The lowest BCUT2D eigenvalue weighted by atomic mass is 10.0. The summed E-state index contributed by atoms with van der Waals surface area (Å²) >= 11 is 0. The fourth-order valence-electron chi connectivity index (χ4n) is 2.90. The van der Waals surface area contributed by atoms with Gasteiger partial charge < -0.3 is 10.6 Å². The van der Waals surface area contributed by atoms with Crippen molar-refractivity contribution < 1.29 is 0 Å². The molecule has 0 bridgehead atoms. The van der Waals surface area contributed by atoms with Gasteiger partial charge in [-0.25, -0.2) is 0 Å². The van der Waals surface area contributed by atoms with Gasteiger partial charge in [0.25, 0.3) is 0 Å². The smallest absolute Gasteiger partial charge is 0.0363 e. The SMILES string of the molecule is CC[C@H](N)c1ccc(N(C)CC2CCCC2)cc1. The lowest BCUT2D eigenvalue weighted by molar-refractivity contribution is 0.547. The average molecular weight is 246 g/mol. The summed E-state index contributed by atoms with van der Waals surface area (Å²) in [5, 5.41) is 0. The first-order valence-corrected chi connectivity index (χ1v) is 7.27. The van der Waals surface area contributed by atoms with E-state index in [0.29, 0.717) is 0 Å². The highest BCUT2D eigenvalue weighted by atomic mass is 15.1. The number of hydrogen-bond donors (Lipinski definition) is 1. The van der Waals surface area contributed by atoms with Crippen LogP contribution in [0.3, 0.4) is 0 Å². The van der Waals surface area contributed by atoms with Crippen LogP contribution in [0.1, 0.15) is 50.6 Å². The van der Waals surface area contributed by atoms with Gasteiger partial charge in [-0.05, 0) is 42.9 Å². The number of benzene rings is 1. The molecule has 2 heteroatoms. The average Bonchev–Trinajstić information content (AvgIpc) is 2.91. The van der Waals surface area contributed by atoms with Gasteiger partial charge in [-0.3, -0.25) is 0 Å². The van der Waals surface area contributed by atoms with E-state index in [4.69, 9.17) is 5.73 Å². The number of nitrogens with two attached hydrogens (primary N) is 1. The standard InChI is InChI=1S/C16H26N2/c1-3-16(17)14-8-10-15(11-9-14)18(2)12-13-6-4-5-7-13/h8-11,13,16H,3-7,12,17H2,1-2H3/t16-/m0/s1. The van der Waals surface area contributed by atoms with Crippen LogP contribution in [0.4, 0.5) is 5.69 Å². The monoisotopic (exact) mass is 246 g/mol. The summed E-state index contributed by atoms with van der Waals surface area (Å²) in [5.74, 6) is 0.896. The van der Waals surface area contributed by atoms with Crippen LogP contribution in [0.2, 0.25) is 0 Å². The second-order valence-electron chi connectivity index (χ2n) is 5.64. The first-order chi connectivity index (χ1) is 8.70. The molecule has 1 aliphatic rings. The number of nitrogens with zero attached hydrogens (tertiary/aromatic N) is 1. The Hall–Kier alpha value is -1.02. The van der Waals surface area contributed by atoms with Crippen molar-refractivity contribution in [2.45, 2.75) is 45.1 Å². The van der Waals surface area contributed by atoms with Gasteiger partial charge in [-0.2, -0.15) is 0 Å². The summed E-state index contributed by atoms with van der Waals surface area (Å²) in [6, 6.07) is 8.95. The fraction of sp³-hybridized carbons (Fsp3) is 0.625. The second kappa shape index (κ2) is 6.24. The molecule has 1 fully saturated rings. The van der Waals surface area contributed by atoms with Crippen molar-refractivity contribution >= 4 is 5.69 Å². The van der Waals surface area contributed by atoms with E-state index in [-0.39, 0.29) is 6.04 Å². The molecule has 2 rings (SSSR count). The van der Waals surface area contributed by atoms with Crippen molar-refractivity contribution in [2.75, 3.05) is 18.5 Å². The van der Waals surface area contributed by atoms with Crippen molar-refractivity contribution in [3.8, 4) is 0 Å². The van der Waals surface area contributed by atoms with Gasteiger partial charge in [0.05, 0.1) is 0 Å². The van der Waals surface area contributed by atoms with Gasteiger partial charge in [0.15, 0.2) is 0 Å². The van der Waals surface area contributed by atoms with Gasteiger partial charge in [0.1, 0.15) is 0 Å². The van der Waals surface area contributed by atoms with Crippen LogP contribution in [0.15, 0.2) is 24.3 Å². The molecule has 0 amide bonds. The number of rotatable bonds is 5. The van der Waals surface area contributed by atoms with Gasteiger partial charge in [0, 0.05) is 25.3 Å². The molecule has 18 heavy (non-hydrogen) atoms. The maximum atomic E-state index is 6.04. The van der Waals surface area contributed by atoms with E-state index < -0.39 is 0 Å². The maximum absolute atomic E-state index is 6.04. The summed E-state index contributed by atoms with van der Waals surface area (Å²) in [6.45, 7) is 3.32. The third-order valence-corrected chi connectivity index (χ3v) is 4.21. The van der Waals surface area contributed by atoms with Crippen LogP contribution < -0.4 is 10.6 Å². The topological polar surface area (TPSA) is 29.3 Å². The van der Waals surface area contributed by atoms with Crippen molar-refractivity contribution in [1.82, 2.24) is 0 Å². The Balaban J connectivity index is 1.95. The minimum Gasteiger partial charge on any atom is -0.374 e. The third-order valence-electron chi connectivity index (χ3n) is 4.21. The first kappa shape index (κ1) is 13.4. The summed E-state index contributed by atoms with van der Waals surface area (Å²) in [7, 11) is 2.20. The molecule has 1 aromatic rings. The van der Waals surface area contributed by atoms with Crippen LogP contribution >= 0.6 is 0 Å². The Kier molecular flexibility index (Phi) is 4.65. The van der Waals surface area contributed by atoms with Crippen molar-refractivity contribution in [3.05, 3.63) is 29.8 Å². The van der Waals surface area contributed by atoms with Crippen LogP contribution in [0.5, 0.6) is 0 Å². The molecule has 0 spiro atoms. The Bertz CT molecular complexity index is 352. The Morgan fingerprint density at radius 1 is 1.22 bits per heavy atom. The molecule has 0 unspecified atom stereocenters. The molecule has 100 valence electrons. The zero-order valence-corrected chi connectivity index (χ0v) is 11.7. The Morgan fingerprint density at radius 2 is 1.83 bits per heavy atom. The molecule has 2 nitrogen and oxygen atoms in total. The second-order valence-corrected chi connectivity index (χ2v) is 5.64. The molecular formula is C16H26N2. The van der Waals surface area contributed by atoms with Crippen LogP contribution in [0, 0.1) is 5.92 Å². The van der Waals surface area contributed by atoms with E-state index in [1.165, 1.54) is 43.5 Å². The molecule has 0 saturated heterocycles. The predicted molar refractivity (Wildman–Crippen MR) is 78.9 cm³/mol. The molecular weight excluding hydrogens is 220 g/mol. The van der Waals surface area contributed by atoms with E-state index in [0.717, 1.165) is 12.3 Å². The molecule has 0 radical (unpaired) electrons. The maximum Gasteiger partial charge on any atom is 0.0363 e. The number of hydrogen-bond acceptors (Lipinski definition) is 2. The van der Waals surface area contributed by atoms with Crippen molar-refractivity contribution in [3.63, 3.8) is 0 Å². The molecule has 1 aliphatic carbocycles. The van der Waals surface area contributed by atoms with Crippen LogP contribution in [-0.4, -0.2) is 13.6 Å². The molecule has 0 aliphatic heterocycles. The normalized spacial score (nSPS) is 17.9. The van der Waals surface area contributed by atoms with E-state index >= 15 is 0 Å². The minimum absolute atomic E-state index is 0.180. The minimum atomic E-state index is 0.180. The van der Waals surface area contributed by atoms with Crippen molar-refractivity contribution in [1.29, 1.82) is 0 Å². The first-order valence-electron chi connectivity index (χ1n) is 7.27. The highest BCUT2D eigenvalue weighted by Crippen LogP contribution is 2.27. The van der Waals surface area contributed by atoms with E-state index in [1.807, 2.05) is 0 Å². The lowest BCUT2D eigenvalue weighted by Crippen LogP contribution is -2.24. The summed E-state index contributed by atoms with van der Waals surface area (Å²) in [5.41, 5.74) is 8.60. The Labute approximate surface area is 111 Å². The summed E-state index contributed by atoms with van der Waals surface area (Å²) < 4.78 is 0. The van der Waals surface area contributed by atoms with Gasteiger partial charge in [-0.15, -0.1) is 0 Å². The summed E-state index contributed by atoms with van der Waals surface area (Å²) in [4.78, 5) is 2.39.